The summed E-state index contributed by atoms with van der Waals surface area (Å²) in [5, 5.41) is 16.6. The Morgan fingerprint density at radius 1 is 1.19 bits per heavy atom. The molecule has 0 atom stereocenters. The number of anilines is 1. The number of fused-ring (bicyclic) bond motifs is 1. The van der Waals surface area contributed by atoms with Crippen LogP contribution in [0.2, 0.25) is 0 Å². The zero-order chi connectivity index (χ0) is 18.6. The summed E-state index contributed by atoms with van der Waals surface area (Å²) in [5.41, 5.74) is 2.67. The summed E-state index contributed by atoms with van der Waals surface area (Å²) in [6.07, 6.45) is 0.790. The van der Waals surface area contributed by atoms with Gasteiger partial charge in [-0.1, -0.05) is 24.3 Å². The monoisotopic (exact) mass is 364 g/mol. The van der Waals surface area contributed by atoms with Gasteiger partial charge in [0.25, 0.3) is 0 Å². The van der Waals surface area contributed by atoms with Crippen LogP contribution in [0.1, 0.15) is 12.8 Å². The van der Waals surface area contributed by atoms with Crippen LogP contribution < -0.4 is 11.1 Å². The number of para-hydroxylation sites is 2. The van der Waals surface area contributed by atoms with Gasteiger partial charge in [0, 0.05) is 24.2 Å². The molecule has 0 spiro atoms. The normalized spacial score (nSPS) is 11.0. The largest absolute Gasteiger partial charge is 0.419 e. The molecule has 0 saturated carbocycles. The van der Waals surface area contributed by atoms with Gasteiger partial charge in [0.1, 0.15) is 0 Å². The minimum atomic E-state index is -0.413. The van der Waals surface area contributed by atoms with Gasteiger partial charge in [0.15, 0.2) is 5.58 Å². The molecular weight excluding hydrogens is 348 g/mol. The second kappa shape index (κ2) is 7.24. The van der Waals surface area contributed by atoms with Gasteiger partial charge in [-0.05, 0) is 35.9 Å². The maximum atomic E-state index is 12.2. The topological polar surface area (TPSA) is 119 Å². The molecule has 4 rings (SSSR count). The molecule has 2 N–H and O–H groups in total. The number of oxazole rings is 1. The summed E-state index contributed by atoms with van der Waals surface area (Å²) in [7, 11) is 0. The Labute approximate surface area is 153 Å². The Morgan fingerprint density at radius 3 is 2.93 bits per heavy atom. The van der Waals surface area contributed by atoms with Crippen LogP contribution in [0.15, 0.2) is 57.7 Å². The molecule has 0 saturated heterocycles. The molecule has 27 heavy (non-hydrogen) atoms. The van der Waals surface area contributed by atoms with Crippen molar-refractivity contribution in [2.45, 2.75) is 19.4 Å². The van der Waals surface area contributed by atoms with Crippen molar-refractivity contribution < 1.29 is 9.21 Å². The fourth-order valence-corrected chi connectivity index (χ4v) is 2.87. The van der Waals surface area contributed by atoms with E-state index in [9.17, 15) is 9.59 Å². The van der Waals surface area contributed by atoms with Crippen molar-refractivity contribution in [2.24, 2.45) is 0 Å². The van der Waals surface area contributed by atoms with Crippen molar-refractivity contribution in [2.75, 3.05) is 5.32 Å². The minimum absolute atomic E-state index is 0.138. The smallest absolute Gasteiger partial charge is 0.408 e. The number of tetrazole rings is 1. The Morgan fingerprint density at radius 2 is 2.07 bits per heavy atom. The van der Waals surface area contributed by atoms with Crippen molar-refractivity contribution in [1.82, 2.24) is 25.2 Å². The quantitative estimate of drug-likeness (QED) is 0.541. The van der Waals surface area contributed by atoms with E-state index in [1.54, 1.807) is 28.8 Å². The molecule has 2 aromatic heterocycles. The highest BCUT2D eigenvalue weighted by atomic mass is 16.4. The molecule has 9 nitrogen and oxygen atoms in total. The lowest BCUT2D eigenvalue weighted by atomic mass is 10.2. The first-order chi connectivity index (χ1) is 13.2. The number of carbonyl (C=O) groups excluding carboxylic acids is 1. The molecule has 0 unspecified atom stereocenters. The van der Waals surface area contributed by atoms with E-state index >= 15 is 0 Å². The van der Waals surface area contributed by atoms with Gasteiger partial charge in [0.2, 0.25) is 11.7 Å². The second-order valence-electron chi connectivity index (χ2n) is 5.96. The lowest BCUT2D eigenvalue weighted by molar-refractivity contribution is -0.116. The highest BCUT2D eigenvalue weighted by Gasteiger charge is 2.10. The third kappa shape index (κ3) is 3.61. The van der Waals surface area contributed by atoms with Crippen LogP contribution >= 0.6 is 0 Å². The summed E-state index contributed by atoms with van der Waals surface area (Å²) >= 11 is 0. The summed E-state index contributed by atoms with van der Waals surface area (Å²) in [4.78, 5) is 24.1. The van der Waals surface area contributed by atoms with Crippen molar-refractivity contribution in [3.63, 3.8) is 0 Å². The number of amides is 1. The molecule has 1 amide bonds. The molecule has 136 valence electrons. The van der Waals surface area contributed by atoms with E-state index in [-0.39, 0.29) is 12.3 Å². The first kappa shape index (κ1) is 16.7. The summed E-state index contributed by atoms with van der Waals surface area (Å²) in [5.74, 6) is -0.0946. The van der Waals surface area contributed by atoms with Crippen LogP contribution in [-0.4, -0.2) is 31.1 Å². The highest BCUT2D eigenvalue weighted by molar-refractivity contribution is 5.91. The molecule has 0 fully saturated rings. The van der Waals surface area contributed by atoms with Crippen LogP contribution in [0, 0.1) is 0 Å². The van der Waals surface area contributed by atoms with Crippen molar-refractivity contribution >= 4 is 22.7 Å². The molecule has 9 heteroatoms. The highest BCUT2D eigenvalue weighted by Crippen LogP contribution is 2.18. The van der Waals surface area contributed by atoms with E-state index in [0.29, 0.717) is 30.1 Å². The van der Waals surface area contributed by atoms with E-state index in [0.717, 1.165) is 11.1 Å². The zero-order valence-corrected chi connectivity index (χ0v) is 14.3. The molecule has 2 heterocycles. The van der Waals surface area contributed by atoms with Crippen LogP contribution in [0.3, 0.4) is 0 Å². The van der Waals surface area contributed by atoms with Gasteiger partial charge in [-0.3, -0.25) is 9.36 Å². The third-order valence-corrected chi connectivity index (χ3v) is 4.11. The van der Waals surface area contributed by atoms with Gasteiger partial charge in [0.05, 0.1) is 5.52 Å². The number of aryl methyl sites for hydroxylation is 1. The van der Waals surface area contributed by atoms with Gasteiger partial charge in [-0.2, -0.15) is 5.21 Å². The third-order valence-electron chi connectivity index (χ3n) is 4.11. The van der Waals surface area contributed by atoms with E-state index in [2.05, 4.69) is 25.9 Å². The number of nitrogens with one attached hydrogen (secondary N) is 2. The van der Waals surface area contributed by atoms with Crippen LogP contribution in [0.5, 0.6) is 0 Å². The summed E-state index contributed by atoms with van der Waals surface area (Å²) in [6.45, 7) is 0.409. The number of rotatable bonds is 6. The van der Waals surface area contributed by atoms with Crippen molar-refractivity contribution in [3.8, 4) is 11.4 Å². The Hall–Kier alpha value is -3.75. The number of benzene rings is 2. The maximum absolute atomic E-state index is 12.2. The lowest BCUT2D eigenvalue weighted by Crippen LogP contribution is -2.17. The predicted octanol–water partition coefficient (Wildman–Crippen LogP) is 2.19. The molecule has 0 aliphatic carbocycles. The number of carbonyl (C=O) groups is 1. The van der Waals surface area contributed by atoms with Gasteiger partial charge >= 0.3 is 5.76 Å². The van der Waals surface area contributed by atoms with E-state index in [1.165, 1.54) is 0 Å². The Bertz CT molecular complexity index is 1130. The number of nitrogens with zero attached hydrogens (tertiary/aromatic N) is 4. The van der Waals surface area contributed by atoms with E-state index in [4.69, 9.17) is 4.42 Å². The average molecular weight is 364 g/mol. The molecule has 0 bridgehead atoms. The number of aromatic amines is 1. The first-order valence-corrected chi connectivity index (χ1v) is 8.43. The number of hydrogen-bond donors (Lipinski definition) is 2. The maximum Gasteiger partial charge on any atom is 0.419 e. The first-order valence-electron chi connectivity index (χ1n) is 8.43. The van der Waals surface area contributed by atoms with Crippen molar-refractivity contribution in [1.29, 1.82) is 0 Å². The average Bonchev–Trinajstić information content (AvgIpc) is 3.30. The number of aromatic nitrogens is 5. The molecular formula is C18H16N6O3. The Kier molecular flexibility index (Phi) is 4.48. The number of H-pyrrole nitrogens is 1. The summed E-state index contributed by atoms with van der Waals surface area (Å²) < 4.78 is 6.73. The zero-order valence-electron chi connectivity index (χ0n) is 14.3. The number of hydrogen-bond acceptors (Lipinski definition) is 6. The second-order valence-corrected chi connectivity index (χ2v) is 5.96. The van der Waals surface area contributed by atoms with Gasteiger partial charge in [-0.15, -0.1) is 10.2 Å². The fourth-order valence-electron chi connectivity index (χ4n) is 2.87. The lowest BCUT2D eigenvalue weighted by Gasteiger charge is -2.06. The van der Waals surface area contributed by atoms with Crippen LogP contribution in [0.4, 0.5) is 5.69 Å². The van der Waals surface area contributed by atoms with Gasteiger partial charge in [-0.25, -0.2) is 4.79 Å². The van der Waals surface area contributed by atoms with E-state index < -0.39 is 5.76 Å². The molecule has 2 aromatic carbocycles. The predicted molar refractivity (Wildman–Crippen MR) is 98.0 cm³/mol. The van der Waals surface area contributed by atoms with Gasteiger partial charge < -0.3 is 9.73 Å². The molecule has 4 aromatic rings. The summed E-state index contributed by atoms with van der Waals surface area (Å²) in [6, 6.07) is 14.4. The SMILES string of the molecule is O=C(CCCn1c(=O)oc2ccccc21)Nc1cccc(-c2nn[nH]n2)c1. The Balaban J connectivity index is 1.37. The van der Waals surface area contributed by atoms with E-state index in [1.807, 2.05) is 24.3 Å². The standard InChI is InChI=1S/C18H16N6O3/c25-16(19-13-6-3-5-12(11-13)17-20-22-23-21-17)9-4-10-24-14-7-1-2-8-15(14)27-18(24)26/h1-3,5-8,11H,4,9-10H2,(H,19,25)(H,20,21,22,23). The van der Waals surface area contributed by atoms with Crippen LogP contribution in [-0.2, 0) is 11.3 Å². The molecule has 0 aliphatic rings. The minimum Gasteiger partial charge on any atom is -0.408 e. The fraction of sp³-hybridized carbons (Fsp3) is 0.167. The molecule has 0 aliphatic heterocycles. The molecule has 0 radical (unpaired) electrons. The van der Waals surface area contributed by atoms with Crippen molar-refractivity contribution in [3.05, 3.63) is 59.1 Å². The van der Waals surface area contributed by atoms with Crippen LogP contribution in [0.25, 0.3) is 22.5 Å².